The topological polar surface area (TPSA) is 78.3 Å². The number of aromatic nitrogens is 3. The summed E-state index contributed by atoms with van der Waals surface area (Å²) in [6.07, 6.45) is -4.48. The molecule has 0 bridgehead atoms. The number of rotatable bonds is 8. The summed E-state index contributed by atoms with van der Waals surface area (Å²) in [6, 6.07) is 16.3. The molecule has 0 aliphatic carbocycles. The maximum atomic E-state index is 13.5. The molecule has 0 radical (unpaired) electrons. The van der Waals surface area contributed by atoms with E-state index < -0.39 is 23.5 Å². The lowest BCUT2D eigenvalue weighted by molar-refractivity contribution is -0.137. The van der Waals surface area contributed by atoms with Gasteiger partial charge in [0.15, 0.2) is 5.82 Å². The Morgan fingerprint density at radius 2 is 1.75 bits per heavy atom. The minimum absolute atomic E-state index is 0.00357. The van der Waals surface area contributed by atoms with Crippen LogP contribution in [0.3, 0.4) is 0 Å². The molecule has 1 N–H and O–H groups in total. The zero-order valence-corrected chi connectivity index (χ0v) is 18.9. The Hall–Kier alpha value is -4.25. The lowest BCUT2D eigenvalue weighted by Gasteiger charge is -2.10. The SMILES string of the molecule is COCCOc1nc(-c2ccc(C(F)(F)F)cc2)n(-c2cccc(NC(=O)c3cccc(F)c3)c2)n1. The first kappa shape index (κ1) is 24.9. The highest BCUT2D eigenvalue weighted by molar-refractivity contribution is 6.04. The van der Waals surface area contributed by atoms with E-state index in [1.54, 1.807) is 24.3 Å². The van der Waals surface area contributed by atoms with E-state index in [0.717, 1.165) is 18.2 Å². The Kier molecular flexibility index (Phi) is 7.30. The molecule has 4 aromatic rings. The van der Waals surface area contributed by atoms with Crippen LogP contribution >= 0.6 is 0 Å². The number of amides is 1. The number of carbonyl (C=O) groups is 1. The summed E-state index contributed by atoms with van der Waals surface area (Å²) in [4.78, 5) is 16.9. The van der Waals surface area contributed by atoms with Gasteiger partial charge in [0, 0.05) is 23.9 Å². The fourth-order valence-corrected chi connectivity index (χ4v) is 3.29. The maximum Gasteiger partial charge on any atom is 0.416 e. The number of methoxy groups -OCH3 is 1. The second-order valence-electron chi connectivity index (χ2n) is 7.56. The van der Waals surface area contributed by atoms with Crippen LogP contribution in [-0.2, 0) is 10.9 Å². The van der Waals surface area contributed by atoms with Gasteiger partial charge in [-0.05, 0) is 48.5 Å². The predicted molar refractivity (Wildman–Crippen MR) is 124 cm³/mol. The number of nitrogens with one attached hydrogen (secondary N) is 1. The van der Waals surface area contributed by atoms with Crippen molar-refractivity contribution < 1.29 is 31.8 Å². The van der Waals surface area contributed by atoms with Crippen molar-refractivity contribution in [2.75, 3.05) is 25.6 Å². The molecule has 7 nitrogen and oxygen atoms in total. The highest BCUT2D eigenvalue weighted by Gasteiger charge is 2.30. The molecule has 36 heavy (non-hydrogen) atoms. The van der Waals surface area contributed by atoms with E-state index in [-0.39, 0.29) is 30.6 Å². The van der Waals surface area contributed by atoms with Gasteiger partial charge in [-0.25, -0.2) is 9.07 Å². The molecule has 0 saturated carbocycles. The summed E-state index contributed by atoms with van der Waals surface area (Å²) in [7, 11) is 1.51. The largest absolute Gasteiger partial charge is 0.460 e. The molecular formula is C25H20F4N4O3. The summed E-state index contributed by atoms with van der Waals surface area (Å²) < 4.78 is 64.4. The molecule has 0 saturated heterocycles. The highest BCUT2D eigenvalue weighted by Crippen LogP contribution is 2.32. The van der Waals surface area contributed by atoms with Gasteiger partial charge in [0.1, 0.15) is 12.4 Å². The van der Waals surface area contributed by atoms with E-state index in [4.69, 9.17) is 9.47 Å². The molecule has 1 aromatic heterocycles. The van der Waals surface area contributed by atoms with Crippen LogP contribution in [0.2, 0.25) is 0 Å². The first-order valence-electron chi connectivity index (χ1n) is 10.7. The molecule has 186 valence electrons. The van der Waals surface area contributed by atoms with Crippen LogP contribution in [0.15, 0.2) is 72.8 Å². The Balaban J connectivity index is 1.67. The van der Waals surface area contributed by atoms with Gasteiger partial charge in [0.05, 0.1) is 17.9 Å². The van der Waals surface area contributed by atoms with Gasteiger partial charge < -0.3 is 14.8 Å². The van der Waals surface area contributed by atoms with Crippen LogP contribution in [0.4, 0.5) is 23.2 Å². The van der Waals surface area contributed by atoms with Gasteiger partial charge >= 0.3 is 12.2 Å². The summed E-state index contributed by atoms with van der Waals surface area (Å²) in [5.74, 6) is -0.831. The fourth-order valence-electron chi connectivity index (χ4n) is 3.29. The molecule has 0 fully saturated rings. The quantitative estimate of drug-likeness (QED) is 0.260. The molecule has 11 heteroatoms. The first-order valence-corrected chi connectivity index (χ1v) is 10.7. The van der Waals surface area contributed by atoms with Gasteiger partial charge in [-0.3, -0.25) is 4.79 Å². The average Bonchev–Trinajstić information content (AvgIpc) is 3.28. The number of carbonyl (C=O) groups excluding carboxylic acids is 1. The van der Waals surface area contributed by atoms with Crippen LogP contribution < -0.4 is 10.1 Å². The number of benzene rings is 3. The molecular weight excluding hydrogens is 480 g/mol. The van der Waals surface area contributed by atoms with Crippen molar-refractivity contribution in [1.29, 1.82) is 0 Å². The van der Waals surface area contributed by atoms with Crippen LogP contribution in [0, 0.1) is 5.82 Å². The van der Waals surface area contributed by atoms with E-state index in [1.807, 2.05) is 0 Å². The average molecular weight is 500 g/mol. The van der Waals surface area contributed by atoms with Crippen LogP contribution in [0.5, 0.6) is 6.01 Å². The van der Waals surface area contributed by atoms with E-state index in [2.05, 4.69) is 15.4 Å². The van der Waals surface area contributed by atoms with E-state index in [0.29, 0.717) is 16.9 Å². The van der Waals surface area contributed by atoms with Crippen molar-refractivity contribution in [3.8, 4) is 23.1 Å². The first-order chi connectivity index (χ1) is 17.2. The van der Waals surface area contributed by atoms with Gasteiger partial charge in [-0.2, -0.15) is 18.2 Å². The normalized spacial score (nSPS) is 11.4. The number of anilines is 1. The van der Waals surface area contributed by atoms with Crippen molar-refractivity contribution in [3.63, 3.8) is 0 Å². The number of hydrogen-bond donors (Lipinski definition) is 1. The van der Waals surface area contributed by atoms with Gasteiger partial charge in [0.25, 0.3) is 5.91 Å². The smallest absolute Gasteiger partial charge is 0.416 e. The van der Waals surface area contributed by atoms with Crippen molar-refractivity contribution in [3.05, 3.63) is 89.7 Å². The maximum absolute atomic E-state index is 13.5. The Morgan fingerprint density at radius 1 is 1.00 bits per heavy atom. The molecule has 4 rings (SSSR count). The number of halogens is 4. The second-order valence-corrected chi connectivity index (χ2v) is 7.56. The molecule has 0 aliphatic heterocycles. The standard InChI is InChI=1S/C25H20F4N4O3/c1-35-12-13-36-24-31-22(16-8-10-18(11-9-16)25(27,28)29)33(32-24)21-7-3-6-20(15-21)30-23(34)17-4-2-5-19(26)14-17/h2-11,14-15H,12-13H2,1H3,(H,30,34). The lowest BCUT2D eigenvalue weighted by atomic mass is 10.1. The van der Waals surface area contributed by atoms with Crippen LogP contribution in [0.25, 0.3) is 17.1 Å². The van der Waals surface area contributed by atoms with E-state index >= 15 is 0 Å². The number of nitrogens with zero attached hydrogens (tertiary/aromatic N) is 3. The van der Waals surface area contributed by atoms with Crippen LogP contribution in [-0.4, -0.2) is 41.0 Å². The van der Waals surface area contributed by atoms with Crippen LogP contribution in [0.1, 0.15) is 15.9 Å². The molecule has 1 heterocycles. The minimum atomic E-state index is -4.48. The summed E-state index contributed by atoms with van der Waals surface area (Å²) >= 11 is 0. The minimum Gasteiger partial charge on any atom is -0.460 e. The summed E-state index contributed by atoms with van der Waals surface area (Å²) in [5.41, 5.74) is 0.552. The number of ether oxygens (including phenoxy) is 2. The third-order valence-electron chi connectivity index (χ3n) is 5.01. The van der Waals surface area contributed by atoms with Crippen molar-refractivity contribution in [2.45, 2.75) is 6.18 Å². The summed E-state index contributed by atoms with van der Waals surface area (Å²) in [6.45, 7) is 0.447. The van der Waals surface area contributed by atoms with Gasteiger partial charge in [-0.1, -0.05) is 24.3 Å². The second kappa shape index (κ2) is 10.6. The Bertz CT molecular complexity index is 1350. The molecule has 0 atom stereocenters. The number of alkyl halides is 3. The van der Waals surface area contributed by atoms with Crippen molar-refractivity contribution in [2.24, 2.45) is 0 Å². The lowest BCUT2D eigenvalue weighted by Crippen LogP contribution is -2.12. The van der Waals surface area contributed by atoms with E-state index in [9.17, 15) is 22.4 Å². The third kappa shape index (κ3) is 5.87. The fraction of sp³-hybridized carbons (Fsp3) is 0.160. The Morgan fingerprint density at radius 3 is 2.44 bits per heavy atom. The van der Waals surface area contributed by atoms with Gasteiger partial charge in [-0.15, -0.1) is 5.10 Å². The molecule has 0 spiro atoms. The van der Waals surface area contributed by atoms with Crippen molar-refractivity contribution >= 4 is 11.6 Å². The van der Waals surface area contributed by atoms with Gasteiger partial charge in [0.2, 0.25) is 0 Å². The summed E-state index contributed by atoms with van der Waals surface area (Å²) in [5, 5.41) is 7.02. The zero-order chi connectivity index (χ0) is 25.7. The molecule has 0 unspecified atom stereocenters. The predicted octanol–water partition coefficient (Wildman–Crippen LogP) is 5.37. The molecule has 3 aromatic carbocycles. The van der Waals surface area contributed by atoms with E-state index in [1.165, 1.54) is 42.1 Å². The van der Waals surface area contributed by atoms with Crippen molar-refractivity contribution in [1.82, 2.24) is 14.8 Å². The number of hydrogen-bond acceptors (Lipinski definition) is 5. The molecule has 0 aliphatic rings. The zero-order valence-electron chi connectivity index (χ0n) is 18.9. The monoisotopic (exact) mass is 500 g/mol. The highest BCUT2D eigenvalue weighted by atomic mass is 19.4. The Labute approximate surface area is 203 Å². The molecule has 1 amide bonds. The third-order valence-corrected chi connectivity index (χ3v) is 5.01.